The fourth-order valence-electron chi connectivity index (χ4n) is 3.10. The summed E-state index contributed by atoms with van der Waals surface area (Å²) in [5.41, 5.74) is 0.916. The Hall–Kier alpha value is -2.37. The minimum absolute atomic E-state index is 0.140. The predicted molar refractivity (Wildman–Crippen MR) is 114 cm³/mol. The lowest BCUT2D eigenvalue weighted by Crippen LogP contribution is -2.51. The molecule has 0 radical (unpaired) electrons. The normalized spacial score (nSPS) is 12.7. The Balaban J connectivity index is 2.39. The largest absolute Gasteiger partial charge is 0.467 e. The van der Waals surface area contributed by atoms with E-state index in [-0.39, 0.29) is 5.91 Å². The van der Waals surface area contributed by atoms with Crippen LogP contribution in [-0.4, -0.2) is 37.0 Å². The average Bonchev–Trinajstić information content (AvgIpc) is 2.72. The van der Waals surface area contributed by atoms with Gasteiger partial charge >= 0.3 is 5.97 Å². The molecule has 0 heterocycles. The van der Waals surface area contributed by atoms with E-state index >= 15 is 0 Å². The number of amides is 2. The number of esters is 1. The number of carbonyl (C=O) groups is 3. The number of benzene rings is 1. The topological polar surface area (TPSA) is 84.5 Å². The molecule has 0 aromatic heterocycles. The van der Waals surface area contributed by atoms with Crippen LogP contribution in [0, 0.1) is 0 Å². The molecule has 0 bridgehead atoms. The van der Waals surface area contributed by atoms with Crippen molar-refractivity contribution >= 4 is 17.8 Å². The van der Waals surface area contributed by atoms with Gasteiger partial charge in [0.2, 0.25) is 11.8 Å². The van der Waals surface area contributed by atoms with E-state index in [1.807, 2.05) is 30.3 Å². The van der Waals surface area contributed by atoms with Crippen LogP contribution in [0.15, 0.2) is 30.3 Å². The third-order valence-corrected chi connectivity index (χ3v) is 4.86. The van der Waals surface area contributed by atoms with Crippen molar-refractivity contribution < 1.29 is 19.1 Å². The first-order valence-electron chi connectivity index (χ1n) is 10.7. The Morgan fingerprint density at radius 2 is 1.55 bits per heavy atom. The number of unbranched alkanes of at least 4 members (excludes halogenated alkanes) is 6. The summed E-state index contributed by atoms with van der Waals surface area (Å²) in [6, 6.07) is 7.90. The minimum Gasteiger partial charge on any atom is -0.467 e. The van der Waals surface area contributed by atoms with Crippen LogP contribution >= 0.6 is 0 Å². The number of rotatable bonds is 14. The lowest BCUT2D eigenvalue weighted by molar-refractivity contribution is -0.145. The molecule has 0 spiro atoms. The Morgan fingerprint density at radius 3 is 2.17 bits per heavy atom. The fraction of sp³-hybridized carbons (Fsp3) is 0.609. The zero-order chi connectivity index (χ0) is 21.5. The Morgan fingerprint density at radius 1 is 0.931 bits per heavy atom. The van der Waals surface area contributed by atoms with Gasteiger partial charge in [-0.05, 0) is 18.9 Å². The van der Waals surface area contributed by atoms with E-state index in [0.29, 0.717) is 12.8 Å². The monoisotopic (exact) mass is 404 g/mol. The van der Waals surface area contributed by atoms with Gasteiger partial charge in [0.1, 0.15) is 12.1 Å². The number of carbonyl (C=O) groups excluding carboxylic acids is 3. The number of hydrogen-bond acceptors (Lipinski definition) is 4. The molecule has 0 saturated carbocycles. The molecule has 6 nitrogen and oxygen atoms in total. The summed E-state index contributed by atoms with van der Waals surface area (Å²) < 4.78 is 4.81. The molecule has 1 aromatic carbocycles. The summed E-state index contributed by atoms with van der Waals surface area (Å²) >= 11 is 0. The van der Waals surface area contributed by atoms with Crippen molar-refractivity contribution in [3.63, 3.8) is 0 Å². The maximum Gasteiger partial charge on any atom is 0.328 e. The molecule has 0 aliphatic rings. The van der Waals surface area contributed by atoms with Crippen LogP contribution in [-0.2, 0) is 25.5 Å². The van der Waals surface area contributed by atoms with Crippen LogP contribution < -0.4 is 10.6 Å². The summed E-state index contributed by atoms with van der Waals surface area (Å²) in [6.45, 7) is 3.81. The van der Waals surface area contributed by atoms with Crippen LogP contribution in [0.4, 0.5) is 0 Å². The fourth-order valence-corrected chi connectivity index (χ4v) is 3.10. The highest BCUT2D eigenvalue weighted by atomic mass is 16.5. The number of ether oxygens (including phenoxy) is 1. The number of hydrogen-bond donors (Lipinski definition) is 2. The van der Waals surface area contributed by atoms with Crippen LogP contribution in [0.25, 0.3) is 0 Å². The van der Waals surface area contributed by atoms with Crippen molar-refractivity contribution in [1.82, 2.24) is 10.6 Å². The molecule has 0 fully saturated rings. The minimum atomic E-state index is -0.794. The van der Waals surface area contributed by atoms with Gasteiger partial charge in [-0.3, -0.25) is 9.59 Å². The van der Waals surface area contributed by atoms with Gasteiger partial charge in [-0.2, -0.15) is 0 Å². The summed E-state index contributed by atoms with van der Waals surface area (Å²) in [7, 11) is 1.29. The number of nitrogens with one attached hydrogen (secondary N) is 2. The molecule has 6 heteroatoms. The first-order chi connectivity index (χ1) is 14.0. The molecular formula is C23H36N2O4. The molecule has 0 unspecified atom stereocenters. The van der Waals surface area contributed by atoms with Crippen LogP contribution in [0.2, 0.25) is 0 Å². The van der Waals surface area contributed by atoms with E-state index < -0.39 is 24.0 Å². The molecule has 0 aliphatic heterocycles. The van der Waals surface area contributed by atoms with Crippen molar-refractivity contribution in [1.29, 1.82) is 0 Å². The SMILES string of the molecule is CCCCCCCCCC(=O)N[C@@H](C)C(=O)N[C@@H](Cc1ccccc1)C(=O)OC. The second-order valence-corrected chi connectivity index (χ2v) is 7.43. The van der Waals surface area contributed by atoms with Gasteiger partial charge < -0.3 is 15.4 Å². The van der Waals surface area contributed by atoms with Crippen LogP contribution in [0.5, 0.6) is 0 Å². The molecule has 0 saturated heterocycles. The molecule has 2 amide bonds. The van der Waals surface area contributed by atoms with Crippen molar-refractivity contribution in [2.75, 3.05) is 7.11 Å². The van der Waals surface area contributed by atoms with Crippen LogP contribution in [0.3, 0.4) is 0 Å². The van der Waals surface area contributed by atoms with E-state index in [9.17, 15) is 14.4 Å². The lowest BCUT2D eigenvalue weighted by Gasteiger charge is -2.20. The Bertz CT molecular complexity index is 619. The molecule has 29 heavy (non-hydrogen) atoms. The highest BCUT2D eigenvalue weighted by Crippen LogP contribution is 2.08. The number of methoxy groups -OCH3 is 1. The Kier molecular flexibility index (Phi) is 12.4. The van der Waals surface area contributed by atoms with Gasteiger partial charge in [0.25, 0.3) is 0 Å². The predicted octanol–water partition coefficient (Wildman–Crippen LogP) is 3.53. The quantitative estimate of drug-likeness (QED) is 0.367. The van der Waals surface area contributed by atoms with Gasteiger partial charge in [-0.1, -0.05) is 75.8 Å². The highest BCUT2D eigenvalue weighted by Gasteiger charge is 2.25. The van der Waals surface area contributed by atoms with Crippen molar-refractivity contribution in [3.05, 3.63) is 35.9 Å². The molecule has 162 valence electrons. The average molecular weight is 405 g/mol. The van der Waals surface area contributed by atoms with Crippen molar-refractivity contribution in [2.45, 2.75) is 83.7 Å². The van der Waals surface area contributed by atoms with Gasteiger partial charge in [0.05, 0.1) is 7.11 Å². The van der Waals surface area contributed by atoms with Crippen molar-refractivity contribution in [3.8, 4) is 0 Å². The third-order valence-electron chi connectivity index (χ3n) is 4.86. The smallest absolute Gasteiger partial charge is 0.328 e. The van der Waals surface area contributed by atoms with Crippen LogP contribution in [0.1, 0.15) is 70.8 Å². The molecule has 2 N–H and O–H groups in total. The molecule has 2 atom stereocenters. The third kappa shape index (κ3) is 10.7. The van der Waals surface area contributed by atoms with Gasteiger partial charge in [-0.15, -0.1) is 0 Å². The first-order valence-corrected chi connectivity index (χ1v) is 10.7. The van der Waals surface area contributed by atoms with E-state index in [1.54, 1.807) is 6.92 Å². The van der Waals surface area contributed by atoms with E-state index in [4.69, 9.17) is 4.74 Å². The van der Waals surface area contributed by atoms with E-state index in [1.165, 1.54) is 32.8 Å². The molecule has 0 aliphatic carbocycles. The summed E-state index contributed by atoms with van der Waals surface area (Å²) in [5.74, 6) is -1.05. The van der Waals surface area contributed by atoms with Crippen molar-refractivity contribution in [2.24, 2.45) is 0 Å². The standard InChI is InChI=1S/C23H36N2O4/c1-4-5-6-7-8-9-13-16-21(26)24-18(2)22(27)25-20(23(28)29-3)17-19-14-11-10-12-15-19/h10-12,14-15,18,20H,4-9,13,16-17H2,1-3H3,(H,24,26)(H,25,27)/t18-,20-/m0/s1. The maximum absolute atomic E-state index is 12.4. The van der Waals surface area contributed by atoms with E-state index in [2.05, 4.69) is 17.6 Å². The maximum atomic E-state index is 12.4. The van der Waals surface area contributed by atoms with Gasteiger partial charge in [0, 0.05) is 12.8 Å². The second kappa shape index (κ2) is 14.6. The second-order valence-electron chi connectivity index (χ2n) is 7.43. The van der Waals surface area contributed by atoms with Gasteiger partial charge in [0.15, 0.2) is 0 Å². The highest BCUT2D eigenvalue weighted by molar-refractivity contribution is 5.90. The first kappa shape index (κ1) is 24.7. The zero-order valence-corrected chi connectivity index (χ0v) is 18.0. The van der Waals surface area contributed by atoms with E-state index in [0.717, 1.165) is 24.8 Å². The molecular weight excluding hydrogens is 368 g/mol. The lowest BCUT2D eigenvalue weighted by atomic mass is 10.1. The summed E-state index contributed by atoms with van der Waals surface area (Å²) in [5, 5.41) is 5.40. The van der Waals surface area contributed by atoms with Gasteiger partial charge in [-0.25, -0.2) is 4.79 Å². The molecule has 1 rings (SSSR count). The summed E-state index contributed by atoms with van der Waals surface area (Å²) in [4.78, 5) is 36.6. The summed E-state index contributed by atoms with van der Waals surface area (Å²) in [6.07, 6.45) is 8.70. The zero-order valence-electron chi connectivity index (χ0n) is 18.0. The molecule has 1 aromatic rings. The Labute approximate surface area is 174 Å².